The molecular formula is C16H19NO. The molecule has 0 bridgehead atoms. The fourth-order valence-corrected chi connectivity index (χ4v) is 1.83. The molecule has 0 amide bonds. The Bertz CT molecular complexity index is 506. The van der Waals surface area contributed by atoms with Gasteiger partial charge in [-0.25, -0.2) is 0 Å². The number of rotatable bonds is 4. The molecule has 0 saturated carbocycles. The fraction of sp³-hybridized carbons (Fsp3) is 0.250. The first-order chi connectivity index (χ1) is 8.66. The zero-order valence-electron chi connectivity index (χ0n) is 11.2. The molecule has 2 nitrogen and oxygen atoms in total. The van der Waals surface area contributed by atoms with Gasteiger partial charge in [0.2, 0.25) is 0 Å². The van der Waals surface area contributed by atoms with Crippen LogP contribution in [0.5, 0.6) is 5.75 Å². The van der Waals surface area contributed by atoms with Gasteiger partial charge in [-0.05, 0) is 30.2 Å². The minimum atomic E-state index is 0.602. The van der Waals surface area contributed by atoms with E-state index >= 15 is 0 Å². The van der Waals surface area contributed by atoms with Crippen LogP contribution in [0.4, 0.5) is 5.69 Å². The van der Waals surface area contributed by atoms with Crippen molar-refractivity contribution in [2.24, 2.45) is 0 Å². The van der Waals surface area contributed by atoms with E-state index in [2.05, 4.69) is 36.1 Å². The molecule has 2 aromatic carbocycles. The molecular weight excluding hydrogens is 222 g/mol. The Labute approximate surface area is 109 Å². The maximum Gasteiger partial charge on any atom is 0.143 e. The number of hydrogen-bond acceptors (Lipinski definition) is 2. The Morgan fingerprint density at radius 2 is 1.72 bits per heavy atom. The van der Waals surface area contributed by atoms with Crippen molar-refractivity contribution in [1.82, 2.24) is 0 Å². The minimum Gasteiger partial charge on any atom is -0.487 e. The zero-order chi connectivity index (χ0) is 13.0. The summed E-state index contributed by atoms with van der Waals surface area (Å²) in [6, 6.07) is 16.5. The van der Waals surface area contributed by atoms with E-state index in [1.54, 1.807) is 0 Å². The summed E-state index contributed by atoms with van der Waals surface area (Å²) in [4.78, 5) is 2.08. The average molecular weight is 241 g/mol. The Morgan fingerprint density at radius 3 is 2.39 bits per heavy atom. The van der Waals surface area contributed by atoms with Gasteiger partial charge in [0.05, 0.1) is 5.69 Å². The second-order valence-electron chi connectivity index (χ2n) is 4.64. The first-order valence-corrected chi connectivity index (χ1v) is 6.11. The molecule has 0 heterocycles. The van der Waals surface area contributed by atoms with Crippen LogP contribution in [-0.4, -0.2) is 14.1 Å². The van der Waals surface area contributed by atoms with E-state index in [1.807, 2.05) is 38.4 Å². The first-order valence-electron chi connectivity index (χ1n) is 6.11. The van der Waals surface area contributed by atoms with E-state index < -0.39 is 0 Å². The number of ether oxygens (including phenoxy) is 1. The lowest BCUT2D eigenvalue weighted by Gasteiger charge is -2.18. The molecule has 0 unspecified atom stereocenters. The van der Waals surface area contributed by atoms with Gasteiger partial charge in [-0.15, -0.1) is 0 Å². The predicted octanol–water partition coefficient (Wildman–Crippen LogP) is 3.64. The van der Waals surface area contributed by atoms with Crippen molar-refractivity contribution in [3.8, 4) is 5.75 Å². The SMILES string of the molecule is Cc1ccc(OCc2ccccc2)c(N(C)C)c1. The van der Waals surface area contributed by atoms with Crippen LogP contribution in [0.3, 0.4) is 0 Å². The molecule has 0 aromatic heterocycles. The topological polar surface area (TPSA) is 12.5 Å². The van der Waals surface area contributed by atoms with E-state index in [9.17, 15) is 0 Å². The largest absolute Gasteiger partial charge is 0.487 e. The Balaban J connectivity index is 2.14. The molecule has 0 aliphatic rings. The van der Waals surface area contributed by atoms with Gasteiger partial charge >= 0.3 is 0 Å². The molecule has 2 rings (SSSR count). The van der Waals surface area contributed by atoms with Crippen molar-refractivity contribution in [1.29, 1.82) is 0 Å². The summed E-state index contributed by atoms with van der Waals surface area (Å²) in [6.45, 7) is 2.69. The standard InChI is InChI=1S/C16H19NO/c1-13-9-10-16(15(11-13)17(2)3)18-12-14-7-5-4-6-8-14/h4-11H,12H2,1-3H3. The van der Waals surface area contributed by atoms with Gasteiger partial charge < -0.3 is 9.64 Å². The highest BCUT2D eigenvalue weighted by Gasteiger charge is 2.06. The van der Waals surface area contributed by atoms with Crippen molar-refractivity contribution < 1.29 is 4.74 Å². The molecule has 0 aliphatic heterocycles. The van der Waals surface area contributed by atoms with E-state index in [4.69, 9.17) is 4.74 Å². The maximum absolute atomic E-state index is 5.90. The number of benzene rings is 2. The second-order valence-corrected chi connectivity index (χ2v) is 4.64. The highest BCUT2D eigenvalue weighted by molar-refractivity contribution is 5.59. The van der Waals surface area contributed by atoms with Gasteiger partial charge in [0.25, 0.3) is 0 Å². The summed E-state index contributed by atoms with van der Waals surface area (Å²) in [5.74, 6) is 0.925. The highest BCUT2D eigenvalue weighted by Crippen LogP contribution is 2.28. The monoisotopic (exact) mass is 241 g/mol. The van der Waals surface area contributed by atoms with Crippen LogP contribution in [0, 0.1) is 6.92 Å². The minimum absolute atomic E-state index is 0.602. The van der Waals surface area contributed by atoms with E-state index in [0.717, 1.165) is 11.4 Å². The third-order valence-corrected chi connectivity index (χ3v) is 2.83. The van der Waals surface area contributed by atoms with Crippen molar-refractivity contribution >= 4 is 5.69 Å². The predicted molar refractivity (Wildman–Crippen MR) is 76.3 cm³/mol. The zero-order valence-corrected chi connectivity index (χ0v) is 11.2. The third kappa shape index (κ3) is 3.04. The van der Waals surface area contributed by atoms with Crippen molar-refractivity contribution in [2.75, 3.05) is 19.0 Å². The molecule has 2 aromatic rings. The van der Waals surface area contributed by atoms with Crippen LogP contribution in [-0.2, 0) is 6.61 Å². The summed E-state index contributed by atoms with van der Waals surface area (Å²) in [7, 11) is 4.06. The smallest absolute Gasteiger partial charge is 0.143 e. The molecule has 0 N–H and O–H groups in total. The summed E-state index contributed by atoms with van der Waals surface area (Å²) in [6.07, 6.45) is 0. The number of aryl methyl sites for hydroxylation is 1. The van der Waals surface area contributed by atoms with Crippen LogP contribution < -0.4 is 9.64 Å². The Kier molecular flexibility index (Phi) is 3.88. The summed E-state index contributed by atoms with van der Waals surface area (Å²) in [5.41, 5.74) is 3.54. The normalized spacial score (nSPS) is 10.2. The van der Waals surface area contributed by atoms with Crippen LogP contribution in [0.15, 0.2) is 48.5 Å². The molecule has 2 heteroatoms. The number of hydrogen-bond donors (Lipinski definition) is 0. The van der Waals surface area contributed by atoms with Crippen molar-refractivity contribution in [3.63, 3.8) is 0 Å². The van der Waals surface area contributed by atoms with Crippen molar-refractivity contribution in [2.45, 2.75) is 13.5 Å². The summed E-state index contributed by atoms with van der Waals surface area (Å²) in [5, 5.41) is 0. The molecule has 0 fully saturated rings. The van der Waals surface area contributed by atoms with Crippen LogP contribution in [0.2, 0.25) is 0 Å². The lowest BCUT2D eigenvalue weighted by molar-refractivity contribution is 0.307. The lowest BCUT2D eigenvalue weighted by atomic mass is 10.2. The molecule has 0 saturated heterocycles. The van der Waals surface area contributed by atoms with Gasteiger partial charge in [-0.2, -0.15) is 0 Å². The second kappa shape index (κ2) is 5.58. The molecule has 0 spiro atoms. The fourth-order valence-electron chi connectivity index (χ4n) is 1.83. The van der Waals surface area contributed by atoms with E-state index in [1.165, 1.54) is 11.1 Å². The van der Waals surface area contributed by atoms with Gasteiger partial charge in [0, 0.05) is 14.1 Å². The quantitative estimate of drug-likeness (QED) is 0.810. The third-order valence-electron chi connectivity index (χ3n) is 2.83. The Morgan fingerprint density at radius 1 is 1.00 bits per heavy atom. The maximum atomic E-state index is 5.90. The number of anilines is 1. The summed E-state index contributed by atoms with van der Waals surface area (Å²) < 4.78 is 5.90. The van der Waals surface area contributed by atoms with Gasteiger partial charge in [-0.3, -0.25) is 0 Å². The molecule has 0 atom stereocenters. The Hall–Kier alpha value is -1.96. The van der Waals surface area contributed by atoms with Gasteiger partial charge in [-0.1, -0.05) is 36.4 Å². The molecule has 94 valence electrons. The first kappa shape index (κ1) is 12.5. The van der Waals surface area contributed by atoms with Crippen molar-refractivity contribution in [3.05, 3.63) is 59.7 Å². The molecule has 0 radical (unpaired) electrons. The highest BCUT2D eigenvalue weighted by atomic mass is 16.5. The lowest BCUT2D eigenvalue weighted by Crippen LogP contribution is -2.11. The van der Waals surface area contributed by atoms with Crippen LogP contribution in [0.25, 0.3) is 0 Å². The average Bonchev–Trinajstić information content (AvgIpc) is 2.38. The molecule has 18 heavy (non-hydrogen) atoms. The molecule has 0 aliphatic carbocycles. The van der Waals surface area contributed by atoms with E-state index in [0.29, 0.717) is 6.61 Å². The van der Waals surface area contributed by atoms with Gasteiger partial charge in [0.15, 0.2) is 0 Å². The van der Waals surface area contributed by atoms with Crippen LogP contribution in [0.1, 0.15) is 11.1 Å². The van der Waals surface area contributed by atoms with E-state index in [-0.39, 0.29) is 0 Å². The van der Waals surface area contributed by atoms with Crippen LogP contribution >= 0.6 is 0 Å². The summed E-state index contributed by atoms with van der Waals surface area (Å²) >= 11 is 0. The number of nitrogens with zero attached hydrogens (tertiary/aromatic N) is 1. The van der Waals surface area contributed by atoms with Gasteiger partial charge in [0.1, 0.15) is 12.4 Å².